The van der Waals surface area contributed by atoms with Crippen LogP contribution in [0.3, 0.4) is 0 Å². The summed E-state index contributed by atoms with van der Waals surface area (Å²) < 4.78 is 31.4. The predicted octanol–water partition coefficient (Wildman–Crippen LogP) is 23.7. The first-order valence-electron chi connectivity index (χ1n) is 36.7. The molecule has 11 heterocycles. The number of hydrogen-bond donors (Lipinski definition) is 2. The van der Waals surface area contributed by atoms with E-state index in [9.17, 15) is 0 Å². The smallest absolute Gasteiger partial charge is 0.143 e. The Hall–Kier alpha value is -15.0. The van der Waals surface area contributed by atoms with Crippen molar-refractivity contribution in [2.45, 2.75) is 0 Å². The molecule has 13 nitrogen and oxygen atoms in total. The fraction of sp³-hybridized carbons (Fsp3) is 0. The Morgan fingerprint density at radius 2 is 0.883 bits per heavy atom. The molecular formula is C97H63N9O4S. The summed E-state index contributed by atoms with van der Waals surface area (Å²) in [6.07, 6.45) is 14.7. The Labute approximate surface area is 637 Å². The molecule has 0 bridgehead atoms. The van der Waals surface area contributed by atoms with Gasteiger partial charge in [0.05, 0.1) is 97.6 Å². The zero-order valence-electron chi connectivity index (χ0n) is 59.4. The van der Waals surface area contributed by atoms with Crippen molar-refractivity contribution in [1.82, 2.24) is 39.7 Å². The number of furan rings is 4. The zero-order chi connectivity index (χ0) is 73.3. The monoisotopic (exact) mass is 1450 g/mol. The Bertz CT molecular complexity index is 7590. The molecule has 0 amide bonds. The van der Waals surface area contributed by atoms with Crippen LogP contribution in [0, 0.1) is 0 Å². The average molecular weight is 1450 g/mol. The minimum atomic E-state index is 0.850. The molecule has 111 heavy (non-hydrogen) atoms. The molecule has 24 rings (SSSR count). The third-order valence-corrected chi connectivity index (χ3v) is 22.1. The molecule has 14 heteroatoms. The highest BCUT2D eigenvalue weighted by molar-refractivity contribution is 7.21. The number of pyridine rings is 1. The average Bonchev–Trinajstić information content (AvgIpc) is 1.59. The van der Waals surface area contributed by atoms with Crippen LogP contribution >= 0.6 is 11.3 Å². The number of para-hydroxylation sites is 4. The normalized spacial score (nSPS) is 12.0. The largest absolute Gasteiger partial charge is 0.464 e. The van der Waals surface area contributed by atoms with Crippen molar-refractivity contribution in [3.05, 3.63) is 376 Å². The fourth-order valence-electron chi connectivity index (χ4n) is 16.0. The number of thiophene rings is 1. The van der Waals surface area contributed by atoms with E-state index >= 15 is 0 Å². The fourth-order valence-corrected chi connectivity index (χ4v) is 17.1. The standard InChI is InChI=1S/C29H18N2O.C24H15N3O.C22H17N3O.C22H13NOS/c1-2-6-23-21(5-1)17-30-18-25(23)19-9-12-22(13-10-19)31-26-8-4-3-7-24(26)28-27(31)14-11-20-15-16-32-29(20)28;1-2-6-16(7-3-1)20-14-18(15-25-26-20)27-21-9-5-4-8-19(21)23-22(27)11-10-17-12-13-28-24(17)23;1-2-7-18(8-3-1)25(19-11-10-16-12-13-26-21(16)14-19)22-20-9-5-4-6-17(20)15-23-24-22;1-4-8-19-15(5-1)13-20(25-19)23-17-7-3-2-6-16(17)21-18(23)10-9-14-11-12-24-22(14)21/h1-18H;1-15H;1-15,23-24H;1-13H. The summed E-state index contributed by atoms with van der Waals surface area (Å²) in [6.45, 7) is 0. The number of hydrogen-bond acceptors (Lipinski definition) is 11. The van der Waals surface area contributed by atoms with Gasteiger partial charge < -0.3 is 36.8 Å². The van der Waals surface area contributed by atoms with Gasteiger partial charge in [-0.15, -0.1) is 11.3 Å². The lowest BCUT2D eigenvalue weighted by Crippen LogP contribution is -2.48. The Balaban J connectivity index is 0.0000000941. The molecule has 10 aromatic heterocycles. The van der Waals surface area contributed by atoms with Crippen molar-refractivity contribution >= 4 is 165 Å². The third kappa shape index (κ3) is 11.2. The van der Waals surface area contributed by atoms with Gasteiger partial charge in [-0.05, 0) is 150 Å². The SMILES string of the molecule is C1=c2ccccc2=C(N(c2ccccc2)c2ccc3ccoc3c2)NN1.c1ccc(-c2cc(-n3c4ccccc4c4c5occc5ccc43)cnn2)cc1.c1ccc2c(-c3ccc(-n4c5ccccc5c5c6occc6ccc54)cc3)cncc2c1.c1ccc2sc(-n3c4ccccc4c4c5occc5ccc43)cc2c1. The molecule has 23 aromatic rings. The summed E-state index contributed by atoms with van der Waals surface area (Å²) in [7, 11) is 0. The van der Waals surface area contributed by atoms with Crippen molar-refractivity contribution in [3.8, 4) is 38.8 Å². The molecule has 0 aliphatic carbocycles. The number of hydrazine groups is 1. The molecule has 0 fully saturated rings. The van der Waals surface area contributed by atoms with Gasteiger partial charge in [0.25, 0.3) is 0 Å². The summed E-state index contributed by atoms with van der Waals surface area (Å²) in [6, 6.07) is 111. The summed E-state index contributed by atoms with van der Waals surface area (Å²) in [4.78, 5) is 6.65. The summed E-state index contributed by atoms with van der Waals surface area (Å²) in [5, 5.41) is 27.3. The van der Waals surface area contributed by atoms with Crippen LogP contribution in [-0.2, 0) is 0 Å². The molecule has 0 unspecified atom stereocenters. The van der Waals surface area contributed by atoms with E-state index in [1.807, 2.05) is 115 Å². The first-order chi connectivity index (χ1) is 55.1. The third-order valence-electron chi connectivity index (χ3n) is 21.0. The van der Waals surface area contributed by atoms with E-state index in [0.717, 1.165) is 143 Å². The van der Waals surface area contributed by atoms with Crippen LogP contribution in [0.2, 0.25) is 0 Å². The molecule has 0 saturated heterocycles. The lowest BCUT2D eigenvalue weighted by atomic mass is 10.0. The van der Waals surface area contributed by atoms with Gasteiger partial charge in [-0.1, -0.05) is 182 Å². The van der Waals surface area contributed by atoms with Crippen molar-refractivity contribution in [3.63, 3.8) is 0 Å². The van der Waals surface area contributed by atoms with Gasteiger partial charge in [-0.2, -0.15) is 10.2 Å². The van der Waals surface area contributed by atoms with Gasteiger partial charge in [-0.25, -0.2) is 0 Å². The van der Waals surface area contributed by atoms with E-state index in [0.29, 0.717) is 0 Å². The van der Waals surface area contributed by atoms with Gasteiger partial charge in [0.2, 0.25) is 0 Å². The number of aromatic nitrogens is 6. The number of fused-ring (bicyclic) bond motifs is 19. The Morgan fingerprint density at radius 1 is 0.351 bits per heavy atom. The van der Waals surface area contributed by atoms with Crippen molar-refractivity contribution in [1.29, 1.82) is 0 Å². The molecule has 0 radical (unpaired) electrons. The van der Waals surface area contributed by atoms with Gasteiger partial charge in [0.15, 0.2) is 0 Å². The maximum Gasteiger partial charge on any atom is 0.143 e. The van der Waals surface area contributed by atoms with Crippen LogP contribution < -0.4 is 26.2 Å². The topological polar surface area (TPSA) is 133 Å². The van der Waals surface area contributed by atoms with Gasteiger partial charge in [-0.3, -0.25) is 15.3 Å². The van der Waals surface area contributed by atoms with Gasteiger partial charge in [0.1, 0.15) is 33.2 Å². The quantitative estimate of drug-likeness (QED) is 0.151. The highest BCUT2D eigenvalue weighted by Crippen LogP contribution is 2.43. The van der Waals surface area contributed by atoms with Gasteiger partial charge in [0, 0.05) is 105 Å². The number of rotatable bonds is 8. The maximum absolute atomic E-state index is 5.89. The summed E-state index contributed by atoms with van der Waals surface area (Å²) >= 11 is 1.82. The van der Waals surface area contributed by atoms with E-state index < -0.39 is 0 Å². The molecule has 526 valence electrons. The predicted molar refractivity (Wildman–Crippen MR) is 453 cm³/mol. The number of anilines is 2. The molecule has 1 aliphatic heterocycles. The molecule has 13 aromatic carbocycles. The van der Waals surface area contributed by atoms with Crippen molar-refractivity contribution < 1.29 is 17.7 Å². The number of nitrogens with one attached hydrogen (secondary N) is 2. The lowest BCUT2D eigenvalue weighted by molar-refractivity contribution is 0.616. The summed E-state index contributed by atoms with van der Waals surface area (Å²) in [5.41, 5.74) is 25.5. The first-order valence-corrected chi connectivity index (χ1v) is 37.5. The van der Waals surface area contributed by atoms with E-state index in [-0.39, 0.29) is 0 Å². The zero-order valence-corrected chi connectivity index (χ0v) is 60.2. The molecule has 2 N–H and O–H groups in total. The van der Waals surface area contributed by atoms with Crippen LogP contribution in [0.15, 0.2) is 383 Å². The van der Waals surface area contributed by atoms with Crippen LogP contribution in [0.5, 0.6) is 0 Å². The highest BCUT2D eigenvalue weighted by Gasteiger charge is 2.23. The minimum absolute atomic E-state index is 0.850. The maximum atomic E-state index is 5.89. The molecule has 0 saturated carbocycles. The van der Waals surface area contributed by atoms with E-state index in [1.165, 1.54) is 53.2 Å². The summed E-state index contributed by atoms with van der Waals surface area (Å²) in [5.74, 6) is 0.972. The van der Waals surface area contributed by atoms with Crippen LogP contribution in [0.4, 0.5) is 11.4 Å². The van der Waals surface area contributed by atoms with E-state index in [1.54, 1.807) is 25.1 Å². The van der Waals surface area contributed by atoms with Gasteiger partial charge >= 0.3 is 0 Å². The minimum Gasteiger partial charge on any atom is -0.464 e. The Morgan fingerprint density at radius 3 is 1.54 bits per heavy atom. The van der Waals surface area contributed by atoms with Crippen molar-refractivity contribution in [2.75, 3.05) is 4.90 Å². The van der Waals surface area contributed by atoms with Crippen LogP contribution in [0.25, 0.3) is 181 Å². The molecule has 0 atom stereocenters. The molecule has 0 spiro atoms. The second kappa shape index (κ2) is 27.1. The lowest BCUT2D eigenvalue weighted by Gasteiger charge is -2.30. The van der Waals surface area contributed by atoms with E-state index in [4.69, 9.17) is 17.7 Å². The Kier molecular flexibility index (Phi) is 15.7. The molecular weight excluding hydrogens is 1390 g/mol. The molecule has 1 aliphatic rings. The highest BCUT2D eigenvalue weighted by atomic mass is 32.1. The second-order valence-electron chi connectivity index (χ2n) is 27.4. The van der Waals surface area contributed by atoms with Crippen LogP contribution in [-0.4, -0.2) is 28.9 Å². The van der Waals surface area contributed by atoms with E-state index in [2.05, 4.69) is 287 Å². The first kappa shape index (κ1) is 64.4. The number of benzene rings is 13. The van der Waals surface area contributed by atoms with Crippen molar-refractivity contribution in [2.24, 2.45) is 0 Å². The second-order valence-corrected chi connectivity index (χ2v) is 28.4. The van der Waals surface area contributed by atoms with Crippen LogP contribution in [0.1, 0.15) is 0 Å². The number of nitrogens with zero attached hydrogens (tertiary/aromatic N) is 7.